The first kappa shape index (κ1) is 19.5. The maximum absolute atomic E-state index is 9.75. The summed E-state index contributed by atoms with van der Waals surface area (Å²) in [5, 5.41) is 13.2. The maximum atomic E-state index is 9.75. The molecule has 0 saturated heterocycles. The molecular formula is C23H28N4O2. The Balaban J connectivity index is 1.51. The Labute approximate surface area is 171 Å². The summed E-state index contributed by atoms with van der Waals surface area (Å²) >= 11 is 0. The van der Waals surface area contributed by atoms with E-state index in [1.807, 2.05) is 44.2 Å². The van der Waals surface area contributed by atoms with Gasteiger partial charge in [-0.2, -0.15) is 0 Å². The number of anilines is 1. The molecule has 1 aromatic heterocycles. The Kier molecular flexibility index (Phi) is 5.81. The lowest BCUT2D eigenvalue weighted by Gasteiger charge is -2.28. The van der Waals surface area contributed by atoms with Crippen LogP contribution in [-0.2, 0) is 4.74 Å². The van der Waals surface area contributed by atoms with Gasteiger partial charge >= 0.3 is 0 Å². The van der Waals surface area contributed by atoms with Crippen LogP contribution in [0.4, 0.5) is 5.69 Å². The molecule has 0 amide bonds. The topological polar surface area (TPSA) is 82.5 Å². The third-order valence-corrected chi connectivity index (χ3v) is 5.40. The van der Waals surface area contributed by atoms with E-state index in [1.165, 1.54) is 0 Å². The van der Waals surface area contributed by atoms with Crippen molar-refractivity contribution in [3.63, 3.8) is 0 Å². The number of nitrogens with one attached hydrogen (secondary N) is 2. The number of aromatic nitrogens is 2. The predicted molar refractivity (Wildman–Crippen MR) is 117 cm³/mol. The van der Waals surface area contributed by atoms with Gasteiger partial charge in [-0.1, -0.05) is 18.2 Å². The standard InChI is InChI=1S/C23H28N4O2/c1-3-16-5-4-6-22(29-19-10-8-18(28)9-11-19)23(16)27-15(2)26-17-7-12-20-21(13-17)25-14-24-20/h3-7,12-15,18-19,26,28H,8-11H2,1-2H3,(H,24,25)/b16-3-,27-23?. The minimum absolute atomic E-state index is 0.130. The van der Waals surface area contributed by atoms with Crippen LogP contribution in [0.15, 0.2) is 65.2 Å². The van der Waals surface area contributed by atoms with Crippen molar-refractivity contribution in [2.75, 3.05) is 5.32 Å². The number of aromatic amines is 1. The van der Waals surface area contributed by atoms with Crippen molar-refractivity contribution in [1.29, 1.82) is 0 Å². The Morgan fingerprint density at radius 2 is 2.14 bits per heavy atom. The lowest BCUT2D eigenvalue weighted by molar-refractivity contribution is 0.0378. The number of fused-ring (bicyclic) bond motifs is 1. The number of benzene rings is 1. The summed E-state index contributed by atoms with van der Waals surface area (Å²) < 4.78 is 6.31. The SMILES string of the molecule is C/C=C1/C=CC=C(OC2CCC(O)CC2)C1=NC(C)Nc1ccc2nc[nH]c2c1. The van der Waals surface area contributed by atoms with Gasteiger partial charge in [-0.3, -0.25) is 4.99 Å². The molecule has 1 aromatic carbocycles. The van der Waals surface area contributed by atoms with Crippen molar-refractivity contribution in [1.82, 2.24) is 9.97 Å². The number of H-pyrrole nitrogens is 1. The van der Waals surface area contributed by atoms with Gasteiger partial charge in [0.1, 0.15) is 17.6 Å². The number of imidazole rings is 1. The van der Waals surface area contributed by atoms with Crippen molar-refractivity contribution < 1.29 is 9.84 Å². The summed E-state index contributed by atoms with van der Waals surface area (Å²) in [6, 6.07) is 6.04. The fourth-order valence-electron chi connectivity index (χ4n) is 3.84. The van der Waals surface area contributed by atoms with Crippen molar-refractivity contribution in [3.8, 4) is 0 Å². The highest BCUT2D eigenvalue weighted by Crippen LogP contribution is 2.27. The molecule has 2 aliphatic carbocycles. The van der Waals surface area contributed by atoms with Crippen LogP contribution >= 0.6 is 0 Å². The molecule has 0 aliphatic heterocycles. The Morgan fingerprint density at radius 1 is 1.31 bits per heavy atom. The zero-order chi connectivity index (χ0) is 20.2. The molecule has 2 aromatic rings. The van der Waals surface area contributed by atoms with Crippen LogP contribution in [0.25, 0.3) is 11.0 Å². The van der Waals surface area contributed by atoms with Crippen LogP contribution in [0.1, 0.15) is 39.5 Å². The van der Waals surface area contributed by atoms with Crippen molar-refractivity contribution in [2.24, 2.45) is 4.99 Å². The second kappa shape index (κ2) is 8.66. The number of hydrogen-bond acceptors (Lipinski definition) is 5. The molecule has 3 N–H and O–H groups in total. The summed E-state index contributed by atoms with van der Waals surface area (Å²) in [6.07, 6.45) is 12.9. The summed E-state index contributed by atoms with van der Waals surface area (Å²) in [6.45, 7) is 4.05. The molecule has 1 atom stereocenters. The molecule has 6 heteroatoms. The van der Waals surface area contributed by atoms with E-state index in [4.69, 9.17) is 9.73 Å². The van der Waals surface area contributed by atoms with Crippen LogP contribution in [0.3, 0.4) is 0 Å². The third kappa shape index (κ3) is 4.59. The van der Waals surface area contributed by atoms with Gasteiger partial charge in [-0.15, -0.1) is 0 Å². The van der Waals surface area contributed by atoms with Crippen molar-refractivity contribution in [2.45, 2.75) is 57.9 Å². The zero-order valence-electron chi connectivity index (χ0n) is 16.9. The van der Waals surface area contributed by atoms with E-state index in [-0.39, 0.29) is 18.4 Å². The number of aliphatic imine (C=N–C) groups is 1. The van der Waals surface area contributed by atoms with Gasteiger partial charge in [0.2, 0.25) is 0 Å². The number of rotatable bonds is 5. The van der Waals surface area contributed by atoms with Crippen LogP contribution in [0.5, 0.6) is 0 Å². The number of nitrogens with zero attached hydrogens (tertiary/aromatic N) is 2. The number of allylic oxidation sites excluding steroid dienone is 5. The largest absolute Gasteiger partial charge is 0.488 e. The fourth-order valence-corrected chi connectivity index (χ4v) is 3.84. The van der Waals surface area contributed by atoms with Gasteiger partial charge in [0.15, 0.2) is 0 Å². The highest BCUT2D eigenvalue weighted by Gasteiger charge is 2.24. The predicted octanol–water partition coefficient (Wildman–Crippen LogP) is 4.48. The monoisotopic (exact) mass is 392 g/mol. The molecule has 1 unspecified atom stereocenters. The summed E-state index contributed by atoms with van der Waals surface area (Å²) in [4.78, 5) is 12.3. The molecule has 0 spiro atoms. The van der Waals surface area contributed by atoms with Gasteiger partial charge in [-0.05, 0) is 69.4 Å². The summed E-state index contributed by atoms with van der Waals surface area (Å²) in [5.74, 6) is 0.805. The van der Waals surface area contributed by atoms with Crippen LogP contribution < -0.4 is 5.32 Å². The van der Waals surface area contributed by atoms with Crippen LogP contribution in [-0.4, -0.2) is 39.2 Å². The summed E-state index contributed by atoms with van der Waals surface area (Å²) in [5.41, 5.74) is 4.84. The Hall–Kier alpha value is -2.86. The van der Waals surface area contributed by atoms with Crippen molar-refractivity contribution in [3.05, 3.63) is 60.2 Å². The first-order chi connectivity index (χ1) is 14.1. The highest BCUT2D eigenvalue weighted by atomic mass is 16.5. The zero-order valence-corrected chi connectivity index (χ0v) is 16.9. The van der Waals surface area contributed by atoms with E-state index in [0.29, 0.717) is 0 Å². The fraction of sp³-hybridized carbons (Fsp3) is 0.391. The molecule has 0 bridgehead atoms. The Morgan fingerprint density at radius 3 is 2.93 bits per heavy atom. The van der Waals surface area contributed by atoms with E-state index in [1.54, 1.807) is 6.33 Å². The quantitative estimate of drug-likeness (QED) is 0.700. The molecule has 4 rings (SSSR count). The molecular weight excluding hydrogens is 364 g/mol. The Bertz CT molecular complexity index is 978. The average Bonchev–Trinajstić information content (AvgIpc) is 3.18. The van der Waals surface area contributed by atoms with Crippen LogP contribution in [0.2, 0.25) is 0 Å². The molecule has 29 heavy (non-hydrogen) atoms. The van der Waals surface area contributed by atoms with Gasteiger partial charge in [0, 0.05) is 5.69 Å². The minimum atomic E-state index is -0.189. The summed E-state index contributed by atoms with van der Waals surface area (Å²) in [7, 11) is 0. The minimum Gasteiger partial charge on any atom is -0.488 e. The average molecular weight is 393 g/mol. The molecule has 152 valence electrons. The number of hydrogen-bond donors (Lipinski definition) is 3. The normalized spacial score (nSPS) is 26.0. The molecule has 1 heterocycles. The smallest absolute Gasteiger partial charge is 0.145 e. The number of aliphatic hydroxyl groups excluding tert-OH is 1. The maximum Gasteiger partial charge on any atom is 0.145 e. The molecule has 0 radical (unpaired) electrons. The van der Waals surface area contributed by atoms with Gasteiger partial charge in [0.05, 0.1) is 29.6 Å². The second-order valence-electron chi connectivity index (χ2n) is 7.61. The molecule has 6 nitrogen and oxygen atoms in total. The van der Waals surface area contributed by atoms with Crippen molar-refractivity contribution >= 4 is 22.4 Å². The molecule has 1 saturated carbocycles. The lowest BCUT2D eigenvalue weighted by atomic mass is 9.94. The third-order valence-electron chi connectivity index (χ3n) is 5.40. The molecule has 1 fully saturated rings. The number of aliphatic hydroxyl groups is 1. The first-order valence-electron chi connectivity index (χ1n) is 10.3. The van der Waals surface area contributed by atoms with E-state index in [0.717, 1.165) is 59.4 Å². The first-order valence-corrected chi connectivity index (χ1v) is 10.3. The highest BCUT2D eigenvalue weighted by molar-refractivity contribution is 6.14. The van der Waals surface area contributed by atoms with E-state index >= 15 is 0 Å². The number of ether oxygens (including phenoxy) is 1. The van der Waals surface area contributed by atoms with Gasteiger partial charge < -0.3 is 20.1 Å². The van der Waals surface area contributed by atoms with Crippen LogP contribution in [0, 0.1) is 0 Å². The van der Waals surface area contributed by atoms with E-state index in [2.05, 4.69) is 27.4 Å². The van der Waals surface area contributed by atoms with E-state index < -0.39 is 0 Å². The van der Waals surface area contributed by atoms with E-state index in [9.17, 15) is 5.11 Å². The van der Waals surface area contributed by atoms with Gasteiger partial charge in [-0.25, -0.2) is 4.98 Å². The lowest BCUT2D eigenvalue weighted by Crippen LogP contribution is -2.27. The second-order valence-corrected chi connectivity index (χ2v) is 7.61. The molecule has 2 aliphatic rings. The van der Waals surface area contributed by atoms with Gasteiger partial charge in [0.25, 0.3) is 0 Å².